The zero-order valence-electron chi connectivity index (χ0n) is 6.85. The van der Waals surface area contributed by atoms with Crippen LogP contribution < -0.4 is 5.73 Å². The van der Waals surface area contributed by atoms with E-state index in [1.54, 1.807) is 0 Å². The highest BCUT2D eigenvalue weighted by molar-refractivity contribution is 9.10. The molecule has 1 aromatic rings. The lowest BCUT2D eigenvalue weighted by Gasteiger charge is -2.13. The summed E-state index contributed by atoms with van der Waals surface area (Å²) in [6.07, 6.45) is -2.74. The summed E-state index contributed by atoms with van der Waals surface area (Å²) < 4.78 is 25.0. The molecule has 0 spiro atoms. The molecule has 6 heteroatoms. The lowest BCUT2D eigenvalue weighted by molar-refractivity contribution is 0.115. The number of benzene rings is 1. The van der Waals surface area contributed by atoms with E-state index in [9.17, 15) is 13.9 Å². The average Bonchev–Trinajstić information content (AvgIpc) is 2.09. The van der Waals surface area contributed by atoms with Crippen molar-refractivity contribution in [1.29, 1.82) is 0 Å². The second kappa shape index (κ2) is 4.42. The number of phenols is 1. The number of halogens is 4. The molecule has 0 unspecified atom stereocenters. The molecule has 78 valence electrons. The Balaban J connectivity index is 3.20. The summed E-state index contributed by atoms with van der Waals surface area (Å²) in [7, 11) is 0. The van der Waals surface area contributed by atoms with E-state index in [-0.39, 0.29) is 10.6 Å². The van der Waals surface area contributed by atoms with Gasteiger partial charge in [0.05, 0.1) is 11.1 Å². The van der Waals surface area contributed by atoms with Crippen LogP contribution >= 0.6 is 27.5 Å². The lowest BCUT2D eigenvalue weighted by Crippen LogP contribution is -2.19. The number of phenolic OH excluding ortho intramolecular Hbond substituents is 1. The van der Waals surface area contributed by atoms with Gasteiger partial charge in [0.2, 0.25) is 0 Å². The van der Waals surface area contributed by atoms with Crippen LogP contribution in [0.4, 0.5) is 8.78 Å². The standard InChI is InChI=1S/C8H7BrClF2NO/c9-3-1-4(6(13)8(11)12)7(14)5(10)2-3/h1-2,6,8,14H,13H2/t6-/m0/s1. The quantitative estimate of drug-likeness (QED) is 0.877. The van der Waals surface area contributed by atoms with Crippen LogP contribution in [-0.2, 0) is 0 Å². The minimum absolute atomic E-state index is 0.00882. The fraction of sp³-hybridized carbons (Fsp3) is 0.250. The number of aromatic hydroxyl groups is 1. The maximum absolute atomic E-state index is 12.3. The summed E-state index contributed by atoms with van der Waals surface area (Å²) in [6, 6.07) is 1.18. The maximum atomic E-state index is 12.3. The third kappa shape index (κ3) is 2.34. The van der Waals surface area contributed by atoms with Gasteiger partial charge in [0.15, 0.2) is 0 Å². The molecule has 0 aromatic heterocycles. The van der Waals surface area contributed by atoms with Crippen LogP contribution in [-0.4, -0.2) is 11.5 Å². The largest absolute Gasteiger partial charge is 0.506 e. The van der Waals surface area contributed by atoms with Crippen LogP contribution in [0.15, 0.2) is 16.6 Å². The van der Waals surface area contributed by atoms with Crippen LogP contribution in [0, 0.1) is 0 Å². The first-order valence-electron chi connectivity index (χ1n) is 3.65. The number of nitrogens with two attached hydrogens (primary N) is 1. The Kier molecular flexibility index (Phi) is 3.69. The molecule has 0 aliphatic carbocycles. The number of alkyl halides is 2. The fourth-order valence-corrected chi connectivity index (χ4v) is 1.81. The predicted octanol–water partition coefficient (Wildman–Crippen LogP) is 3.07. The van der Waals surface area contributed by atoms with Gasteiger partial charge in [-0.15, -0.1) is 0 Å². The Labute approximate surface area is 92.8 Å². The van der Waals surface area contributed by atoms with E-state index in [0.717, 1.165) is 0 Å². The van der Waals surface area contributed by atoms with Gasteiger partial charge in [0.25, 0.3) is 6.43 Å². The van der Waals surface area contributed by atoms with Crippen molar-refractivity contribution in [2.75, 3.05) is 0 Å². The molecule has 1 atom stereocenters. The normalized spacial score (nSPS) is 13.3. The third-order valence-corrected chi connectivity index (χ3v) is 2.43. The van der Waals surface area contributed by atoms with Gasteiger partial charge in [-0.05, 0) is 12.1 Å². The molecule has 1 aromatic carbocycles. The molecule has 0 heterocycles. The van der Waals surface area contributed by atoms with E-state index in [2.05, 4.69) is 15.9 Å². The van der Waals surface area contributed by atoms with E-state index >= 15 is 0 Å². The molecule has 1 rings (SSSR count). The van der Waals surface area contributed by atoms with Crippen molar-refractivity contribution in [3.8, 4) is 5.75 Å². The minimum atomic E-state index is -2.74. The molecule has 0 amide bonds. The first-order valence-corrected chi connectivity index (χ1v) is 4.82. The zero-order chi connectivity index (χ0) is 10.9. The average molecular weight is 287 g/mol. The smallest absolute Gasteiger partial charge is 0.257 e. The molecule has 2 nitrogen and oxygen atoms in total. The van der Waals surface area contributed by atoms with Crippen LogP contribution in [0.5, 0.6) is 5.75 Å². The highest BCUT2D eigenvalue weighted by atomic mass is 79.9. The van der Waals surface area contributed by atoms with E-state index in [1.807, 2.05) is 0 Å². The van der Waals surface area contributed by atoms with E-state index < -0.39 is 18.2 Å². The first-order chi connectivity index (χ1) is 6.43. The van der Waals surface area contributed by atoms with Gasteiger partial charge in [-0.1, -0.05) is 27.5 Å². The zero-order valence-corrected chi connectivity index (χ0v) is 9.19. The molecule has 0 bridgehead atoms. The van der Waals surface area contributed by atoms with Gasteiger partial charge in [0, 0.05) is 10.0 Å². The Morgan fingerprint density at radius 3 is 2.50 bits per heavy atom. The van der Waals surface area contributed by atoms with Gasteiger partial charge in [0.1, 0.15) is 5.75 Å². The topological polar surface area (TPSA) is 46.2 Å². The first kappa shape index (κ1) is 11.7. The van der Waals surface area contributed by atoms with Gasteiger partial charge in [-0.25, -0.2) is 8.78 Å². The third-order valence-electron chi connectivity index (χ3n) is 1.69. The van der Waals surface area contributed by atoms with E-state index in [1.165, 1.54) is 12.1 Å². The second-order valence-corrected chi connectivity index (χ2v) is 4.01. The second-order valence-electron chi connectivity index (χ2n) is 2.69. The van der Waals surface area contributed by atoms with Crippen molar-refractivity contribution in [3.63, 3.8) is 0 Å². The summed E-state index contributed by atoms with van der Waals surface area (Å²) in [5.41, 5.74) is 5.12. The highest BCUT2D eigenvalue weighted by Gasteiger charge is 2.22. The van der Waals surface area contributed by atoms with Crippen LogP contribution in [0.2, 0.25) is 5.02 Å². The van der Waals surface area contributed by atoms with Crippen molar-refractivity contribution in [1.82, 2.24) is 0 Å². The molecule has 3 N–H and O–H groups in total. The van der Waals surface area contributed by atoms with Gasteiger partial charge < -0.3 is 10.8 Å². The Hall–Kier alpha value is -0.390. The van der Waals surface area contributed by atoms with Crippen molar-refractivity contribution in [2.45, 2.75) is 12.5 Å². The number of hydrogen-bond donors (Lipinski definition) is 2. The summed E-state index contributed by atoms with van der Waals surface area (Å²) in [5.74, 6) is -0.400. The molecule has 0 saturated carbocycles. The molecule has 0 fully saturated rings. The Morgan fingerprint density at radius 1 is 1.43 bits per heavy atom. The highest BCUT2D eigenvalue weighted by Crippen LogP contribution is 2.35. The SMILES string of the molecule is N[C@@H](c1cc(Br)cc(Cl)c1O)C(F)F. The Morgan fingerprint density at radius 2 is 2.00 bits per heavy atom. The maximum Gasteiger partial charge on any atom is 0.257 e. The van der Waals surface area contributed by atoms with Crippen LogP contribution in [0.1, 0.15) is 11.6 Å². The summed E-state index contributed by atoms with van der Waals surface area (Å²) in [5, 5.41) is 9.37. The molecule has 14 heavy (non-hydrogen) atoms. The predicted molar refractivity (Wildman–Crippen MR) is 53.7 cm³/mol. The molecule has 0 aliphatic heterocycles. The fourth-order valence-electron chi connectivity index (χ4n) is 0.976. The van der Waals surface area contributed by atoms with E-state index in [0.29, 0.717) is 4.47 Å². The molecular weight excluding hydrogens is 279 g/mol. The summed E-state index contributed by atoms with van der Waals surface area (Å²) >= 11 is 8.66. The van der Waals surface area contributed by atoms with Crippen molar-refractivity contribution in [3.05, 3.63) is 27.2 Å². The van der Waals surface area contributed by atoms with Crippen LogP contribution in [0.25, 0.3) is 0 Å². The van der Waals surface area contributed by atoms with Crippen LogP contribution in [0.3, 0.4) is 0 Å². The Bertz CT molecular complexity index is 348. The van der Waals surface area contributed by atoms with Crippen molar-refractivity contribution >= 4 is 27.5 Å². The van der Waals surface area contributed by atoms with Crippen molar-refractivity contribution < 1.29 is 13.9 Å². The molecule has 0 saturated heterocycles. The van der Waals surface area contributed by atoms with Crippen molar-refractivity contribution in [2.24, 2.45) is 5.73 Å². The summed E-state index contributed by atoms with van der Waals surface area (Å²) in [6.45, 7) is 0. The summed E-state index contributed by atoms with van der Waals surface area (Å²) in [4.78, 5) is 0. The molecular formula is C8H7BrClF2NO. The number of hydrogen-bond acceptors (Lipinski definition) is 2. The van der Waals surface area contributed by atoms with Gasteiger partial charge in [-0.2, -0.15) is 0 Å². The van der Waals surface area contributed by atoms with E-state index in [4.69, 9.17) is 17.3 Å². The molecule has 0 radical (unpaired) electrons. The van der Waals surface area contributed by atoms with Gasteiger partial charge in [-0.3, -0.25) is 0 Å². The number of rotatable bonds is 2. The lowest BCUT2D eigenvalue weighted by atomic mass is 10.1. The monoisotopic (exact) mass is 285 g/mol. The minimum Gasteiger partial charge on any atom is -0.506 e. The molecule has 0 aliphatic rings. The van der Waals surface area contributed by atoms with Gasteiger partial charge >= 0.3 is 0 Å².